The number of hydrogen-bond donors (Lipinski definition) is 1. The molecule has 1 aliphatic rings. The SMILES string of the molecule is Cc1ccc(CSCC(=O)Nc2cc(S(=O)(=O)N3CCCCC3)ccc2OC(C)C)cc1. The fourth-order valence-corrected chi connectivity index (χ4v) is 5.84. The average molecular weight is 477 g/mol. The molecule has 0 aromatic heterocycles. The molecule has 1 saturated heterocycles. The largest absolute Gasteiger partial charge is 0.489 e. The van der Waals surface area contributed by atoms with Crippen LogP contribution in [-0.2, 0) is 20.6 Å². The molecule has 0 bridgehead atoms. The number of sulfonamides is 1. The fourth-order valence-electron chi connectivity index (χ4n) is 3.51. The number of nitrogens with zero attached hydrogens (tertiary/aromatic N) is 1. The zero-order valence-corrected chi connectivity index (χ0v) is 20.6. The van der Waals surface area contributed by atoms with E-state index in [1.165, 1.54) is 27.7 Å². The summed E-state index contributed by atoms with van der Waals surface area (Å²) in [5.74, 6) is 1.27. The Labute approximate surface area is 195 Å². The van der Waals surface area contributed by atoms with Crippen LogP contribution in [0.2, 0.25) is 0 Å². The van der Waals surface area contributed by atoms with Crippen molar-refractivity contribution in [2.45, 2.75) is 56.8 Å². The zero-order valence-electron chi connectivity index (χ0n) is 19.0. The molecule has 0 spiro atoms. The Hall–Kier alpha value is -2.03. The summed E-state index contributed by atoms with van der Waals surface area (Å²) in [4.78, 5) is 12.8. The van der Waals surface area contributed by atoms with Crippen LogP contribution < -0.4 is 10.1 Å². The molecule has 2 aromatic rings. The Morgan fingerprint density at radius 2 is 1.78 bits per heavy atom. The first kappa shape index (κ1) is 24.6. The molecule has 0 unspecified atom stereocenters. The number of anilines is 1. The highest BCUT2D eigenvalue weighted by molar-refractivity contribution is 7.99. The third-order valence-electron chi connectivity index (χ3n) is 5.16. The van der Waals surface area contributed by atoms with Crippen LogP contribution in [0, 0.1) is 6.92 Å². The third kappa shape index (κ3) is 6.73. The monoisotopic (exact) mass is 476 g/mol. The zero-order chi connectivity index (χ0) is 23.1. The standard InChI is InChI=1S/C24H32N2O4S2/c1-18(2)30-23-12-11-21(32(28,29)26-13-5-4-6-14-26)15-22(23)25-24(27)17-31-16-20-9-7-19(3)8-10-20/h7-12,15,18H,4-6,13-14,16-17H2,1-3H3,(H,25,27). The Morgan fingerprint density at radius 3 is 2.44 bits per heavy atom. The van der Waals surface area contributed by atoms with Crippen molar-refractivity contribution in [1.29, 1.82) is 0 Å². The van der Waals surface area contributed by atoms with E-state index in [-0.39, 0.29) is 22.7 Å². The number of hydrogen-bond acceptors (Lipinski definition) is 5. The topological polar surface area (TPSA) is 75.7 Å². The van der Waals surface area contributed by atoms with E-state index in [4.69, 9.17) is 4.74 Å². The van der Waals surface area contributed by atoms with E-state index < -0.39 is 10.0 Å². The van der Waals surface area contributed by atoms with Gasteiger partial charge in [0.05, 0.1) is 22.4 Å². The van der Waals surface area contributed by atoms with Gasteiger partial charge in [-0.05, 0) is 57.4 Å². The van der Waals surface area contributed by atoms with E-state index in [2.05, 4.69) is 29.6 Å². The second-order valence-corrected chi connectivity index (χ2v) is 11.2. The van der Waals surface area contributed by atoms with Crippen molar-refractivity contribution in [2.24, 2.45) is 0 Å². The lowest BCUT2D eigenvalue weighted by Gasteiger charge is -2.26. The van der Waals surface area contributed by atoms with Crippen molar-refractivity contribution < 1.29 is 17.9 Å². The maximum absolute atomic E-state index is 13.1. The molecular formula is C24H32N2O4S2. The van der Waals surface area contributed by atoms with Gasteiger partial charge in [-0.1, -0.05) is 36.2 Å². The fraction of sp³-hybridized carbons (Fsp3) is 0.458. The smallest absolute Gasteiger partial charge is 0.243 e. The number of aryl methyl sites for hydroxylation is 1. The summed E-state index contributed by atoms with van der Waals surface area (Å²) in [5, 5.41) is 2.86. The number of nitrogens with one attached hydrogen (secondary N) is 1. The second kappa shape index (κ2) is 11.2. The highest BCUT2D eigenvalue weighted by Gasteiger charge is 2.27. The van der Waals surface area contributed by atoms with Crippen molar-refractivity contribution >= 4 is 33.4 Å². The van der Waals surface area contributed by atoms with Gasteiger partial charge in [-0.3, -0.25) is 4.79 Å². The number of amides is 1. The predicted octanol–water partition coefficient (Wildman–Crippen LogP) is 4.83. The highest BCUT2D eigenvalue weighted by atomic mass is 32.2. The number of benzene rings is 2. The molecule has 0 radical (unpaired) electrons. The van der Waals surface area contributed by atoms with Gasteiger partial charge in [0.25, 0.3) is 0 Å². The molecule has 6 nitrogen and oxygen atoms in total. The molecule has 8 heteroatoms. The molecule has 0 saturated carbocycles. The minimum Gasteiger partial charge on any atom is -0.489 e. The van der Waals surface area contributed by atoms with Crippen LogP contribution in [0.25, 0.3) is 0 Å². The van der Waals surface area contributed by atoms with Crippen LogP contribution in [-0.4, -0.2) is 43.6 Å². The van der Waals surface area contributed by atoms with Gasteiger partial charge >= 0.3 is 0 Å². The van der Waals surface area contributed by atoms with Crippen LogP contribution in [0.5, 0.6) is 5.75 Å². The quantitative estimate of drug-likeness (QED) is 0.561. The molecule has 32 heavy (non-hydrogen) atoms. The minimum atomic E-state index is -3.60. The lowest BCUT2D eigenvalue weighted by atomic mass is 10.2. The average Bonchev–Trinajstić information content (AvgIpc) is 2.76. The van der Waals surface area contributed by atoms with E-state index in [1.807, 2.05) is 20.8 Å². The number of rotatable bonds is 9. The molecule has 1 amide bonds. The molecule has 174 valence electrons. The number of thioether (sulfide) groups is 1. The first-order valence-corrected chi connectivity index (χ1v) is 13.6. The summed E-state index contributed by atoms with van der Waals surface area (Å²) < 4.78 is 33.5. The van der Waals surface area contributed by atoms with Gasteiger partial charge in [0.1, 0.15) is 5.75 Å². The molecule has 0 atom stereocenters. The van der Waals surface area contributed by atoms with E-state index >= 15 is 0 Å². The van der Waals surface area contributed by atoms with Crippen molar-refractivity contribution in [3.8, 4) is 5.75 Å². The molecule has 1 aliphatic heterocycles. The van der Waals surface area contributed by atoms with E-state index in [0.29, 0.717) is 24.5 Å². The van der Waals surface area contributed by atoms with Crippen LogP contribution in [0.3, 0.4) is 0 Å². The van der Waals surface area contributed by atoms with Crippen molar-refractivity contribution in [3.05, 3.63) is 53.6 Å². The molecule has 1 N–H and O–H groups in total. The van der Waals surface area contributed by atoms with Crippen LogP contribution in [0.4, 0.5) is 5.69 Å². The van der Waals surface area contributed by atoms with E-state index in [9.17, 15) is 13.2 Å². The molecule has 3 rings (SSSR count). The molecule has 2 aromatic carbocycles. The summed E-state index contributed by atoms with van der Waals surface area (Å²) in [5.41, 5.74) is 2.75. The Balaban J connectivity index is 1.71. The number of carbonyl (C=O) groups is 1. The second-order valence-electron chi connectivity index (χ2n) is 8.32. The molecule has 1 heterocycles. The third-order valence-corrected chi connectivity index (χ3v) is 8.06. The highest BCUT2D eigenvalue weighted by Crippen LogP contribution is 2.31. The van der Waals surface area contributed by atoms with Crippen LogP contribution in [0.1, 0.15) is 44.2 Å². The maximum atomic E-state index is 13.1. The Morgan fingerprint density at radius 1 is 1.09 bits per heavy atom. The summed E-state index contributed by atoms with van der Waals surface area (Å²) >= 11 is 1.51. The van der Waals surface area contributed by atoms with Gasteiger partial charge < -0.3 is 10.1 Å². The summed E-state index contributed by atoms with van der Waals surface area (Å²) in [6, 6.07) is 12.9. The Bertz CT molecular complexity index is 1010. The van der Waals surface area contributed by atoms with Gasteiger partial charge in [-0.25, -0.2) is 8.42 Å². The Kier molecular flexibility index (Phi) is 8.62. The minimum absolute atomic E-state index is 0.105. The van der Waals surface area contributed by atoms with Crippen molar-refractivity contribution in [2.75, 3.05) is 24.2 Å². The number of piperidine rings is 1. The summed E-state index contributed by atoms with van der Waals surface area (Å²) in [7, 11) is -3.60. The molecular weight excluding hydrogens is 444 g/mol. The first-order valence-electron chi connectivity index (χ1n) is 11.0. The van der Waals surface area contributed by atoms with E-state index in [0.717, 1.165) is 30.6 Å². The lowest BCUT2D eigenvalue weighted by molar-refractivity contribution is -0.113. The normalized spacial score (nSPS) is 15.0. The van der Waals surface area contributed by atoms with Gasteiger partial charge in [0, 0.05) is 18.8 Å². The maximum Gasteiger partial charge on any atom is 0.243 e. The molecule has 1 fully saturated rings. The van der Waals surface area contributed by atoms with Gasteiger partial charge in [0.2, 0.25) is 15.9 Å². The summed E-state index contributed by atoms with van der Waals surface area (Å²) in [6.45, 7) is 6.89. The van der Waals surface area contributed by atoms with E-state index in [1.54, 1.807) is 12.1 Å². The predicted molar refractivity (Wildman–Crippen MR) is 131 cm³/mol. The molecule has 0 aliphatic carbocycles. The number of carbonyl (C=O) groups excluding carboxylic acids is 1. The van der Waals surface area contributed by atoms with Crippen molar-refractivity contribution in [1.82, 2.24) is 4.31 Å². The number of ether oxygens (including phenoxy) is 1. The summed E-state index contributed by atoms with van der Waals surface area (Å²) in [6.07, 6.45) is 2.69. The lowest BCUT2D eigenvalue weighted by Crippen LogP contribution is -2.35. The van der Waals surface area contributed by atoms with Gasteiger partial charge in [-0.15, -0.1) is 11.8 Å². The van der Waals surface area contributed by atoms with Gasteiger partial charge in [-0.2, -0.15) is 4.31 Å². The van der Waals surface area contributed by atoms with Crippen LogP contribution in [0.15, 0.2) is 47.4 Å². The van der Waals surface area contributed by atoms with Gasteiger partial charge in [0.15, 0.2) is 0 Å². The van der Waals surface area contributed by atoms with Crippen LogP contribution >= 0.6 is 11.8 Å². The van der Waals surface area contributed by atoms with Crippen molar-refractivity contribution in [3.63, 3.8) is 0 Å². The first-order chi connectivity index (χ1) is 15.3.